The first-order chi connectivity index (χ1) is 9.55. The molecule has 1 rings (SSSR count). The van der Waals surface area contributed by atoms with Crippen LogP contribution in [0.25, 0.3) is 0 Å². The summed E-state index contributed by atoms with van der Waals surface area (Å²) in [5, 5.41) is 11.6. The van der Waals surface area contributed by atoms with Gasteiger partial charge in [0.05, 0.1) is 18.6 Å². The Morgan fingerprint density at radius 1 is 1.30 bits per heavy atom. The molecule has 2 N–H and O–H groups in total. The number of carbonyl (C=O) groups is 2. The van der Waals surface area contributed by atoms with E-state index in [1.54, 1.807) is 6.08 Å². The molecule has 1 amide bonds. The Balaban J connectivity index is 2.54. The fraction of sp³-hybridized carbons (Fsp3) is 0.571. The standard InChI is InChI=1S/C14H21NO5/c1-3-5-11-7-10(15-14(18)19-6-4-2)8-12(20-11)9-13(16)17/h3-4,10-12H,1-2,5-9H2,(H,15,18)(H,16,17)/t10-,11-,12-/m0/s1. The van der Waals surface area contributed by atoms with Gasteiger partial charge in [-0.2, -0.15) is 0 Å². The number of carbonyl (C=O) groups excluding carboxylic acids is 1. The van der Waals surface area contributed by atoms with Crippen LogP contribution in [-0.4, -0.2) is 42.0 Å². The molecule has 0 unspecified atom stereocenters. The Morgan fingerprint density at radius 3 is 2.60 bits per heavy atom. The van der Waals surface area contributed by atoms with Gasteiger partial charge in [0.1, 0.15) is 6.61 Å². The molecular weight excluding hydrogens is 262 g/mol. The second kappa shape index (κ2) is 8.37. The SMILES string of the molecule is C=CCOC(=O)N[C@@H]1C[C@@H](CC(=O)O)O[C@@H](CC=C)C1. The highest BCUT2D eigenvalue weighted by molar-refractivity contribution is 5.68. The van der Waals surface area contributed by atoms with E-state index >= 15 is 0 Å². The molecule has 0 saturated carbocycles. The molecule has 1 heterocycles. The lowest BCUT2D eigenvalue weighted by Crippen LogP contribution is -2.46. The number of hydrogen-bond donors (Lipinski definition) is 2. The highest BCUT2D eigenvalue weighted by Crippen LogP contribution is 2.24. The lowest BCUT2D eigenvalue weighted by atomic mass is 9.95. The quantitative estimate of drug-likeness (QED) is 0.697. The lowest BCUT2D eigenvalue weighted by Gasteiger charge is -2.34. The third kappa shape index (κ3) is 5.88. The summed E-state index contributed by atoms with van der Waals surface area (Å²) in [6.07, 6.45) is 3.77. The number of carboxylic acid groups (broad SMARTS) is 1. The van der Waals surface area contributed by atoms with Gasteiger partial charge in [0, 0.05) is 6.04 Å². The van der Waals surface area contributed by atoms with Crippen LogP contribution >= 0.6 is 0 Å². The molecule has 0 spiro atoms. The molecule has 1 aliphatic heterocycles. The summed E-state index contributed by atoms with van der Waals surface area (Å²) < 4.78 is 10.5. The first-order valence-electron chi connectivity index (χ1n) is 6.57. The van der Waals surface area contributed by atoms with Crippen molar-refractivity contribution in [2.75, 3.05) is 6.61 Å². The van der Waals surface area contributed by atoms with Crippen molar-refractivity contribution in [2.24, 2.45) is 0 Å². The van der Waals surface area contributed by atoms with Gasteiger partial charge < -0.3 is 19.9 Å². The molecule has 1 fully saturated rings. The highest BCUT2D eigenvalue weighted by Gasteiger charge is 2.31. The molecule has 1 aliphatic rings. The van der Waals surface area contributed by atoms with Gasteiger partial charge in [-0.1, -0.05) is 18.7 Å². The van der Waals surface area contributed by atoms with Crippen LogP contribution in [0, 0.1) is 0 Å². The van der Waals surface area contributed by atoms with E-state index in [-0.39, 0.29) is 25.2 Å². The Hall–Kier alpha value is -1.82. The average Bonchev–Trinajstić information content (AvgIpc) is 2.35. The molecular formula is C14H21NO5. The minimum atomic E-state index is -0.915. The van der Waals surface area contributed by atoms with Crippen LogP contribution in [0.4, 0.5) is 4.79 Å². The second-order valence-corrected chi connectivity index (χ2v) is 4.70. The molecule has 0 aromatic rings. The van der Waals surface area contributed by atoms with Gasteiger partial charge >= 0.3 is 12.1 Å². The van der Waals surface area contributed by atoms with Gasteiger partial charge in [-0.15, -0.1) is 6.58 Å². The number of carboxylic acids is 1. The van der Waals surface area contributed by atoms with Crippen molar-refractivity contribution >= 4 is 12.1 Å². The van der Waals surface area contributed by atoms with Crippen molar-refractivity contribution in [1.82, 2.24) is 5.32 Å². The molecule has 0 aliphatic carbocycles. The topological polar surface area (TPSA) is 84.9 Å². The molecule has 6 heteroatoms. The summed E-state index contributed by atoms with van der Waals surface area (Å²) >= 11 is 0. The number of nitrogens with one attached hydrogen (secondary N) is 1. The molecule has 0 radical (unpaired) electrons. The van der Waals surface area contributed by atoms with Gasteiger partial charge in [0.15, 0.2) is 0 Å². The van der Waals surface area contributed by atoms with Crippen molar-refractivity contribution in [1.29, 1.82) is 0 Å². The summed E-state index contributed by atoms with van der Waals surface area (Å²) in [6, 6.07) is -0.157. The Morgan fingerprint density at radius 2 is 2.00 bits per heavy atom. The van der Waals surface area contributed by atoms with Crippen LogP contribution in [0.2, 0.25) is 0 Å². The zero-order valence-corrected chi connectivity index (χ0v) is 11.4. The third-order valence-electron chi connectivity index (χ3n) is 2.97. The second-order valence-electron chi connectivity index (χ2n) is 4.70. The molecule has 6 nitrogen and oxygen atoms in total. The summed E-state index contributed by atoms with van der Waals surface area (Å²) in [4.78, 5) is 22.3. The number of amides is 1. The van der Waals surface area contributed by atoms with Crippen molar-refractivity contribution < 1.29 is 24.2 Å². The maximum absolute atomic E-state index is 11.5. The Labute approximate surface area is 118 Å². The first-order valence-corrected chi connectivity index (χ1v) is 6.57. The van der Waals surface area contributed by atoms with E-state index in [2.05, 4.69) is 18.5 Å². The third-order valence-corrected chi connectivity index (χ3v) is 2.97. The number of hydrogen-bond acceptors (Lipinski definition) is 4. The van der Waals surface area contributed by atoms with Crippen molar-refractivity contribution in [3.63, 3.8) is 0 Å². The molecule has 112 valence electrons. The molecule has 1 saturated heterocycles. The summed E-state index contributed by atoms with van der Waals surface area (Å²) in [5.41, 5.74) is 0. The zero-order valence-electron chi connectivity index (χ0n) is 11.4. The van der Waals surface area contributed by atoms with E-state index in [1.807, 2.05) is 0 Å². The maximum atomic E-state index is 11.5. The van der Waals surface area contributed by atoms with E-state index in [4.69, 9.17) is 14.6 Å². The number of rotatable bonds is 7. The van der Waals surface area contributed by atoms with E-state index in [0.717, 1.165) is 0 Å². The monoisotopic (exact) mass is 283 g/mol. The highest BCUT2D eigenvalue weighted by atomic mass is 16.5. The summed E-state index contributed by atoms with van der Waals surface area (Å²) in [7, 11) is 0. The van der Waals surface area contributed by atoms with Crippen LogP contribution in [0.3, 0.4) is 0 Å². The Kier molecular flexibility index (Phi) is 6.79. The minimum absolute atomic E-state index is 0.0759. The molecule has 0 bridgehead atoms. The van der Waals surface area contributed by atoms with Crippen LogP contribution in [0.15, 0.2) is 25.3 Å². The summed E-state index contributed by atoms with van der Waals surface area (Å²) in [5.74, 6) is -0.915. The van der Waals surface area contributed by atoms with E-state index in [1.165, 1.54) is 6.08 Å². The maximum Gasteiger partial charge on any atom is 0.407 e. The van der Waals surface area contributed by atoms with Crippen LogP contribution in [-0.2, 0) is 14.3 Å². The molecule has 0 aromatic heterocycles. The smallest absolute Gasteiger partial charge is 0.407 e. The minimum Gasteiger partial charge on any atom is -0.481 e. The predicted molar refractivity (Wildman–Crippen MR) is 73.4 cm³/mol. The fourth-order valence-electron chi connectivity index (χ4n) is 2.24. The van der Waals surface area contributed by atoms with Gasteiger partial charge in [-0.3, -0.25) is 4.79 Å². The van der Waals surface area contributed by atoms with Crippen LogP contribution in [0.1, 0.15) is 25.7 Å². The number of aliphatic carboxylic acids is 1. The van der Waals surface area contributed by atoms with Crippen LogP contribution < -0.4 is 5.32 Å². The first kappa shape index (κ1) is 16.2. The van der Waals surface area contributed by atoms with E-state index < -0.39 is 18.2 Å². The van der Waals surface area contributed by atoms with Gasteiger partial charge in [0.2, 0.25) is 0 Å². The van der Waals surface area contributed by atoms with Crippen LogP contribution in [0.5, 0.6) is 0 Å². The van der Waals surface area contributed by atoms with Gasteiger partial charge in [-0.25, -0.2) is 4.79 Å². The summed E-state index contributed by atoms with van der Waals surface area (Å²) in [6.45, 7) is 7.25. The van der Waals surface area contributed by atoms with Crippen molar-refractivity contribution in [3.8, 4) is 0 Å². The predicted octanol–water partition coefficient (Wildman–Crippen LogP) is 1.87. The average molecular weight is 283 g/mol. The lowest BCUT2D eigenvalue weighted by molar-refractivity contribution is -0.143. The number of alkyl carbamates (subject to hydrolysis) is 1. The van der Waals surface area contributed by atoms with Gasteiger partial charge in [-0.05, 0) is 19.3 Å². The normalized spacial score (nSPS) is 25.5. The zero-order chi connectivity index (χ0) is 15.0. The van der Waals surface area contributed by atoms with Crippen molar-refractivity contribution in [2.45, 2.75) is 43.9 Å². The number of ether oxygens (including phenoxy) is 2. The fourth-order valence-corrected chi connectivity index (χ4v) is 2.24. The van der Waals surface area contributed by atoms with E-state index in [0.29, 0.717) is 19.3 Å². The molecule has 0 aromatic carbocycles. The Bertz CT molecular complexity index is 369. The largest absolute Gasteiger partial charge is 0.481 e. The molecule has 20 heavy (non-hydrogen) atoms. The van der Waals surface area contributed by atoms with Gasteiger partial charge in [0.25, 0.3) is 0 Å². The van der Waals surface area contributed by atoms with Crippen molar-refractivity contribution in [3.05, 3.63) is 25.3 Å². The molecule has 3 atom stereocenters. The van der Waals surface area contributed by atoms with E-state index in [9.17, 15) is 9.59 Å².